The highest BCUT2D eigenvalue weighted by atomic mass is 35.5. The molecule has 0 aliphatic carbocycles. The number of rotatable bonds is 8. The number of ether oxygens (including phenoxy) is 2. The Morgan fingerprint density at radius 1 is 0.903 bits per heavy atom. The van der Waals surface area contributed by atoms with Gasteiger partial charge in [0.1, 0.15) is 23.1 Å². The number of allylic oxidation sites excluding steroid dienone is 1. The van der Waals surface area contributed by atoms with E-state index in [-0.39, 0.29) is 5.56 Å². The molecule has 0 saturated carbocycles. The van der Waals surface area contributed by atoms with Crippen LogP contribution in [0.5, 0.6) is 17.2 Å². The first-order valence-corrected chi connectivity index (χ1v) is 13.6. The zero-order valence-electron chi connectivity index (χ0n) is 17.7. The SMILES string of the molecule is CCOc1ccc(C(F)=C(F)C(c2cccc(Oc3ccc(Cl)cc3)c2)[SiH](C)C)cc1. The lowest BCUT2D eigenvalue weighted by Gasteiger charge is -2.20. The van der Waals surface area contributed by atoms with Crippen molar-refractivity contribution in [2.24, 2.45) is 0 Å². The van der Waals surface area contributed by atoms with Gasteiger partial charge in [-0.25, -0.2) is 8.78 Å². The summed E-state index contributed by atoms with van der Waals surface area (Å²) in [7, 11) is -1.65. The van der Waals surface area contributed by atoms with E-state index in [1.54, 1.807) is 66.7 Å². The van der Waals surface area contributed by atoms with Gasteiger partial charge >= 0.3 is 0 Å². The molecular formula is C25H25ClF2O2Si. The highest BCUT2D eigenvalue weighted by Crippen LogP contribution is 2.37. The molecular weight excluding hydrogens is 434 g/mol. The van der Waals surface area contributed by atoms with Gasteiger partial charge in [0.05, 0.1) is 6.61 Å². The Bertz CT molecular complexity index is 1030. The summed E-state index contributed by atoms with van der Waals surface area (Å²) in [6, 6.07) is 20.5. The summed E-state index contributed by atoms with van der Waals surface area (Å²) < 4.78 is 41.7. The van der Waals surface area contributed by atoms with E-state index in [2.05, 4.69) is 0 Å². The Morgan fingerprint density at radius 3 is 2.16 bits per heavy atom. The highest BCUT2D eigenvalue weighted by Gasteiger charge is 2.26. The average Bonchev–Trinajstić information content (AvgIpc) is 2.76. The van der Waals surface area contributed by atoms with Gasteiger partial charge in [0.25, 0.3) is 0 Å². The van der Waals surface area contributed by atoms with Crippen molar-refractivity contribution in [1.29, 1.82) is 0 Å². The number of hydrogen-bond donors (Lipinski definition) is 0. The summed E-state index contributed by atoms with van der Waals surface area (Å²) >= 11 is 5.92. The molecule has 6 heteroatoms. The maximum atomic E-state index is 15.4. The fourth-order valence-corrected chi connectivity index (χ4v) is 5.21. The van der Waals surface area contributed by atoms with Gasteiger partial charge in [-0.15, -0.1) is 0 Å². The van der Waals surface area contributed by atoms with Gasteiger partial charge in [0.15, 0.2) is 5.83 Å². The molecule has 162 valence electrons. The van der Waals surface area contributed by atoms with Crippen molar-refractivity contribution in [3.05, 3.63) is 94.8 Å². The van der Waals surface area contributed by atoms with Crippen molar-refractivity contribution in [2.45, 2.75) is 25.6 Å². The molecule has 0 spiro atoms. The number of hydrogen-bond acceptors (Lipinski definition) is 2. The third kappa shape index (κ3) is 5.96. The van der Waals surface area contributed by atoms with E-state index in [0.29, 0.717) is 34.4 Å². The summed E-state index contributed by atoms with van der Waals surface area (Å²) in [5, 5.41) is 0.615. The maximum absolute atomic E-state index is 15.4. The zero-order valence-corrected chi connectivity index (χ0v) is 19.7. The third-order valence-corrected chi connectivity index (χ3v) is 7.10. The van der Waals surface area contributed by atoms with Crippen LogP contribution < -0.4 is 9.47 Å². The standard InChI is InChI=1S/C25H25ClF2O2Si/c1-4-29-20-12-8-17(9-13-20)23(27)24(28)25(31(2)3)18-6-5-7-22(16-18)30-21-14-10-19(26)11-15-21/h5-16,25,31H,4H2,1-3H3. The molecule has 0 aliphatic rings. The van der Waals surface area contributed by atoms with E-state index in [1.165, 1.54) is 0 Å². The summed E-state index contributed by atoms with van der Waals surface area (Å²) in [5.41, 5.74) is 0.293. The Kier molecular flexibility index (Phi) is 7.88. The predicted molar refractivity (Wildman–Crippen MR) is 126 cm³/mol. The molecule has 1 atom stereocenters. The van der Waals surface area contributed by atoms with Crippen LogP contribution in [-0.2, 0) is 0 Å². The van der Waals surface area contributed by atoms with Crippen molar-refractivity contribution in [1.82, 2.24) is 0 Å². The minimum atomic E-state index is -1.65. The van der Waals surface area contributed by atoms with Gasteiger partial charge in [0.2, 0.25) is 0 Å². The molecule has 3 rings (SSSR count). The Morgan fingerprint density at radius 2 is 1.55 bits per heavy atom. The molecule has 0 bridgehead atoms. The first kappa shape index (κ1) is 23.0. The van der Waals surface area contributed by atoms with Crippen LogP contribution in [0.3, 0.4) is 0 Å². The van der Waals surface area contributed by atoms with Crippen LogP contribution in [0.1, 0.15) is 23.6 Å². The van der Waals surface area contributed by atoms with Crippen LogP contribution in [0.4, 0.5) is 8.78 Å². The van der Waals surface area contributed by atoms with E-state index in [9.17, 15) is 0 Å². The predicted octanol–water partition coefficient (Wildman–Crippen LogP) is 7.95. The lowest BCUT2D eigenvalue weighted by Crippen LogP contribution is -2.17. The minimum absolute atomic E-state index is 0.203. The maximum Gasteiger partial charge on any atom is 0.162 e. The Hall–Kier alpha value is -2.63. The van der Waals surface area contributed by atoms with E-state index in [4.69, 9.17) is 21.1 Å². The average molecular weight is 459 g/mol. The van der Waals surface area contributed by atoms with Crippen molar-refractivity contribution in [2.75, 3.05) is 6.61 Å². The molecule has 0 radical (unpaired) electrons. The fraction of sp³-hybridized carbons (Fsp3) is 0.200. The largest absolute Gasteiger partial charge is 0.494 e. The van der Waals surface area contributed by atoms with Gasteiger partial charge < -0.3 is 9.47 Å². The second kappa shape index (κ2) is 10.6. The topological polar surface area (TPSA) is 18.5 Å². The number of halogens is 3. The first-order valence-electron chi connectivity index (χ1n) is 10.2. The van der Waals surface area contributed by atoms with Crippen molar-refractivity contribution in [3.63, 3.8) is 0 Å². The Labute approximate surface area is 188 Å². The van der Waals surface area contributed by atoms with Crippen molar-refractivity contribution < 1.29 is 18.3 Å². The normalized spacial score (nSPS) is 13.0. The molecule has 0 saturated heterocycles. The summed E-state index contributed by atoms with van der Waals surface area (Å²) in [5.74, 6) is 0.235. The Balaban J connectivity index is 1.90. The third-order valence-electron chi connectivity index (χ3n) is 4.83. The fourth-order valence-electron chi connectivity index (χ4n) is 3.37. The summed E-state index contributed by atoms with van der Waals surface area (Å²) in [6.45, 7) is 6.39. The van der Waals surface area contributed by atoms with Gasteiger partial charge in [-0.05, 0) is 73.2 Å². The molecule has 0 aromatic heterocycles. The lowest BCUT2D eigenvalue weighted by atomic mass is 10.1. The molecule has 0 N–H and O–H groups in total. The molecule has 31 heavy (non-hydrogen) atoms. The second-order valence-corrected chi connectivity index (χ2v) is 11.1. The second-order valence-electron chi connectivity index (χ2n) is 7.47. The van der Waals surface area contributed by atoms with Crippen LogP contribution in [0.25, 0.3) is 5.83 Å². The quantitative estimate of drug-likeness (QED) is 0.319. The monoisotopic (exact) mass is 458 g/mol. The van der Waals surface area contributed by atoms with Crippen LogP contribution >= 0.6 is 11.6 Å². The van der Waals surface area contributed by atoms with Crippen LogP contribution in [0.2, 0.25) is 18.1 Å². The van der Waals surface area contributed by atoms with E-state index < -0.39 is 26.0 Å². The van der Waals surface area contributed by atoms with E-state index >= 15 is 8.78 Å². The zero-order chi connectivity index (χ0) is 22.4. The molecule has 0 fully saturated rings. The summed E-state index contributed by atoms with van der Waals surface area (Å²) in [4.78, 5) is 0. The lowest BCUT2D eigenvalue weighted by molar-refractivity contribution is 0.340. The molecule has 3 aromatic rings. The van der Waals surface area contributed by atoms with Gasteiger partial charge in [0, 0.05) is 24.9 Å². The molecule has 0 heterocycles. The first-order chi connectivity index (χ1) is 14.9. The number of benzene rings is 3. The smallest absolute Gasteiger partial charge is 0.162 e. The van der Waals surface area contributed by atoms with E-state index in [0.717, 1.165) is 0 Å². The van der Waals surface area contributed by atoms with Gasteiger partial charge in [-0.1, -0.05) is 36.8 Å². The van der Waals surface area contributed by atoms with Gasteiger partial charge in [-0.3, -0.25) is 0 Å². The highest BCUT2D eigenvalue weighted by molar-refractivity contribution is 6.58. The van der Waals surface area contributed by atoms with Crippen molar-refractivity contribution in [3.8, 4) is 17.2 Å². The summed E-state index contributed by atoms with van der Waals surface area (Å²) in [6.07, 6.45) is 0. The van der Waals surface area contributed by atoms with Gasteiger partial charge in [-0.2, -0.15) is 0 Å². The molecule has 1 unspecified atom stereocenters. The molecule has 0 aliphatic heterocycles. The molecule has 3 aromatic carbocycles. The van der Waals surface area contributed by atoms with E-state index in [1.807, 2.05) is 26.1 Å². The van der Waals surface area contributed by atoms with Crippen LogP contribution in [0.15, 0.2) is 78.6 Å². The molecule has 0 amide bonds. The van der Waals surface area contributed by atoms with Crippen LogP contribution in [0, 0.1) is 0 Å². The molecule has 2 nitrogen and oxygen atoms in total. The van der Waals surface area contributed by atoms with Crippen molar-refractivity contribution >= 4 is 26.2 Å². The van der Waals surface area contributed by atoms with Crippen LogP contribution in [-0.4, -0.2) is 15.4 Å². The minimum Gasteiger partial charge on any atom is -0.494 e.